The summed E-state index contributed by atoms with van der Waals surface area (Å²) in [5, 5.41) is 10.4. The topological polar surface area (TPSA) is 79.8 Å². The Morgan fingerprint density at radius 2 is 1.83 bits per heavy atom. The molecule has 1 aliphatic rings. The second-order valence-electron chi connectivity index (χ2n) is 7.73. The number of carbonyl (C=O) groups excluding carboxylic acids is 2. The molecule has 30 heavy (non-hydrogen) atoms. The van der Waals surface area contributed by atoms with Crippen LogP contribution in [0.1, 0.15) is 31.4 Å². The van der Waals surface area contributed by atoms with Gasteiger partial charge in [-0.25, -0.2) is 0 Å². The summed E-state index contributed by atoms with van der Waals surface area (Å²) < 4.78 is 0. The predicted molar refractivity (Wildman–Crippen MR) is 117 cm³/mol. The average Bonchev–Trinajstić information content (AvgIpc) is 3.23. The molecule has 0 saturated carbocycles. The zero-order valence-corrected chi connectivity index (χ0v) is 17.9. The summed E-state index contributed by atoms with van der Waals surface area (Å²) in [5.74, 6) is -0.253. The Labute approximate surface area is 181 Å². The van der Waals surface area contributed by atoms with E-state index in [-0.39, 0.29) is 11.8 Å². The van der Waals surface area contributed by atoms with E-state index in [4.69, 9.17) is 16.4 Å². The van der Waals surface area contributed by atoms with Gasteiger partial charge in [-0.05, 0) is 29.2 Å². The maximum Gasteiger partial charge on any atom is 0.265 e. The Hall–Kier alpha value is -2.86. The molecule has 1 aliphatic heterocycles. The maximum atomic E-state index is 12.8. The van der Waals surface area contributed by atoms with Gasteiger partial charge in [0, 0.05) is 24.4 Å². The highest BCUT2D eigenvalue weighted by Gasteiger charge is 2.32. The normalized spacial score (nSPS) is 16.5. The fraction of sp³-hybridized carbons (Fsp3) is 0.348. The molecule has 0 fully saturated rings. The molecule has 6 nitrogen and oxygen atoms in total. The van der Waals surface area contributed by atoms with E-state index in [0.29, 0.717) is 36.0 Å². The Balaban J connectivity index is 1.63. The van der Waals surface area contributed by atoms with Crippen molar-refractivity contribution in [2.24, 2.45) is 11.1 Å². The highest BCUT2D eigenvalue weighted by atomic mass is 35.5. The highest BCUT2D eigenvalue weighted by Crippen LogP contribution is 2.19. The first-order valence-corrected chi connectivity index (χ1v) is 10.4. The number of oxime groups is 1. The molecule has 0 bridgehead atoms. The van der Waals surface area contributed by atoms with Gasteiger partial charge in [0.15, 0.2) is 0 Å². The molecule has 3 rings (SSSR count). The number of nitrogens with zero attached hydrogens (tertiary/aromatic N) is 1. The fourth-order valence-electron chi connectivity index (χ4n) is 3.08. The molecule has 2 N–H and O–H groups in total. The number of hydrogen-bond donors (Lipinski definition) is 2. The Kier molecular flexibility index (Phi) is 7.46. The Morgan fingerprint density at radius 1 is 1.13 bits per heavy atom. The van der Waals surface area contributed by atoms with E-state index >= 15 is 0 Å². The van der Waals surface area contributed by atoms with E-state index in [2.05, 4.69) is 15.8 Å². The summed E-state index contributed by atoms with van der Waals surface area (Å²) in [4.78, 5) is 30.9. The third-order valence-corrected chi connectivity index (χ3v) is 4.99. The summed E-state index contributed by atoms with van der Waals surface area (Å²) >= 11 is 5.92. The first-order valence-electron chi connectivity index (χ1n) is 10.0. The van der Waals surface area contributed by atoms with Crippen LogP contribution in [0, 0.1) is 5.92 Å². The first-order chi connectivity index (χ1) is 14.4. The summed E-state index contributed by atoms with van der Waals surface area (Å²) in [7, 11) is 0. The number of benzene rings is 2. The SMILES string of the molecule is CC(C)CNC(=O)C(Cc1ccccc1)NC(=O)C1CC(c2ccc(Cl)cc2)=NO1. The summed E-state index contributed by atoms with van der Waals surface area (Å²) in [6, 6.07) is 16.1. The fourth-order valence-corrected chi connectivity index (χ4v) is 3.21. The Morgan fingerprint density at radius 3 is 2.50 bits per heavy atom. The molecular weight excluding hydrogens is 402 g/mol. The van der Waals surface area contributed by atoms with E-state index < -0.39 is 12.1 Å². The zero-order valence-electron chi connectivity index (χ0n) is 17.1. The summed E-state index contributed by atoms with van der Waals surface area (Å²) in [6.07, 6.45) is -0.0420. The van der Waals surface area contributed by atoms with Gasteiger partial charge in [0.25, 0.3) is 5.91 Å². The molecule has 0 spiro atoms. The third kappa shape index (κ3) is 6.07. The molecule has 2 aromatic rings. The number of nitrogens with one attached hydrogen (secondary N) is 2. The number of rotatable bonds is 8. The molecular formula is C23H26ClN3O3. The number of amides is 2. The van der Waals surface area contributed by atoms with Crippen molar-refractivity contribution in [2.75, 3.05) is 6.54 Å². The molecule has 0 saturated heterocycles. The van der Waals surface area contributed by atoms with Crippen LogP contribution in [0.5, 0.6) is 0 Å². The van der Waals surface area contributed by atoms with Crippen LogP contribution in [-0.4, -0.2) is 36.2 Å². The van der Waals surface area contributed by atoms with Crippen molar-refractivity contribution in [1.82, 2.24) is 10.6 Å². The van der Waals surface area contributed by atoms with E-state index in [0.717, 1.165) is 11.1 Å². The van der Waals surface area contributed by atoms with Crippen LogP contribution in [0.3, 0.4) is 0 Å². The number of carbonyl (C=O) groups is 2. The van der Waals surface area contributed by atoms with E-state index in [1.807, 2.05) is 56.3 Å². The second kappa shape index (κ2) is 10.3. The lowest BCUT2D eigenvalue weighted by molar-refractivity contribution is -0.135. The van der Waals surface area contributed by atoms with E-state index in [1.165, 1.54) is 0 Å². The molecule has 1 heterocycles. The average molecular weight is 428 g/mol. The van der Waals surface area contributed by atoms with Gasteiger partial charge < -0.3 is 15.5 Å². The number of halogens is 1. The van der Waals surface area contributed by atoms with Crippen LogP contribution in [0.15, 0.2) is 59.8 Å². The van der Waals surface area contributed by atoms with Gasteiger partial charge in [-0.1, -0.05) is 73.1 Å². The van der Waals surface area contributed by atoms with Gasteiger partial charge in [-0.3, -0.25) is 9.59 Å². The number of hydrogen-bond acceptors (Lipinski definition) is 4. The molecule has 0 aromatic heterocycles. The van der Waals surface area contributed by atoms with Crippen LogP contribution in [-0.2, 0) is 20.8 Å². The molecule has 0 radical (unpaired) electrons. The van der Waals surface area contributed by atoms with Gasteiger partial charge in [-0.15, -0.1) is 0 Å². The Bertz CT molecular complexity index is 898. The van der Waals surface area contributed by atoms with E-state index in [1.54, 1.807) is 12.1 Å². The quantitative estimate of drug-likeness (QED) is 0.678. The predicted octanol–water partition coefficient (Wildman–Crippen LogP) is 3.33. The third-order valence-electron chi connectivity index (χ3n) is 4.74. The van der Waals surface area contributed by atoms with E-state index in [9.17, 15) is 9.59 Å². The first kappa shape index (κ1) is 21.8. The minimum atomic E-state index is -0.771. The van der Waals surface area contributed by atoms with Crippen molar-refractivity contribution in [1.29, 1.82) is 0 Å². The van der Waals surface area contributed by atoms with Crippen molar-refractivity contribution in [2.45, 2.75) is 38.8 Å². The van der Waals surface area contributed by atoms with Gasteiger partial charge >= 0.3 is 0 Å². The van der Waals surface area contributed by atoms with Gasteiger partial charge in [0.05, 0.1) is 5.71 Å². The van der Waals surface area contributed by atoms with Gasteiger partial charge in [0.1, 0.15) is 6.04 Å². The lowest BCUT2D eigenvalue weighted by Crippen LogP contribution is -2.51. The summed E-state index contributed by atoms with van der Waals surface area (Å²) in [5.41, 5.74) is 2.49. The van der Waals surface area contributed by atoms with Gasteiger partial charge in [-0.2, -0.15) is 0 Å². The maximum absolute atomic E-state index is 12.8. The van der Waals surface area contributed by atoms with Crippen molar-refractivity contribution in [3.05, 3.63) is 70.7 Å². The molecule has 2 atom stereocenters. The molecule has 2 unspecified atom stereocenters. The molecule has 2 amide bonds. The minimum Gasteiger partial charge on any atom is -0.382 e. The summed E-state index contributed by atoms with van der Waals surface area (Å²) in [6.45, 7) is 4.59. The monoisotopic (exact) mass is 427 g/mol. The molecule has 0 aliphatic carbocycles. The van der Waals surface area contributed by atoms with Crippen LogP contribution in [0.2, 0.25) is 5.02 Å². The lowest BCUT2D eigenvalue weighted by atomic mass is 10.0. The van der Waals surface area contributed by atoms with Crippen LogP contribution in [0.25, 0.3) is 0 Å². The molecule has 7 heteroatoms. The van der Waals surface area contributed by atoms with Crippen LogP contribution < -0.4 is 10.6 Å². The van der Waals surface area contributed by atoms with Crippen LogP contribution >= 0.6 is 11.6 Å². The zero-order chi connectivity index (χ0) is 21.5. The van der Waals surface area contributed by atoms with Crippen molar-refractivity contribution < 1.29 is 14.4 Å². The standard InChI is InChI=1S/C23H26ClN3O3/c1-15(2)14-25-22(28)20(12-16-6-4-3-5-7-16)26-23(29)21-13-19(27-30-21)17-8-10-18(24)11-9-17/h3-11,15,20-21H,12-14H2,1-2H3,(H,25,28)(H,26,29). The van der Waals surface area contributed by atoms with Crippen LogP contribution in [0.4, 0.5) is 0 Å². The second-order valence-corrected chi connectivity index (χ2v) is 8.17. The largest absolute Gasteiger partial charge is 0.382 e. The van der Waals surface area contributed by atoms with Crippen molar-refractivity contribution >= 4 is 29.1 Å². The smallest absolute Gasteiger partial charge is 0.265 e. The minimum absolute atomic E-state index is 0.210. The molecule has 158 valence electrons. The van der Waals surface area contributed by atoms with Crippen molar-refractivity contribution in [3.8, 4) is 0 Å². The lowest BCUT2D eigenvalue weighted by Gasteiger charge is -2.20. The highest BCUT2D eigenvalue weighted by molar-refractivity contribution is 6.30. The molecule has 2 aromatic carbocycles. The van der Waals surface area contributed by atoms with Gasteiger partial charge in [0.2, 0.25) is 12.0 Å². The van der Waals surface area contributed by atoms with Crippen molar-refractivity contribution in [3.63, 3.8) is 0 Å².